The van der Waals surface area contributed by atoms with Gasteiger partial charge in [-0.3, -0.25) is 9.69 Å². The van der Waals surface area contributed by atoms with Crippen molar-refractivity contribution in [3.8, 4) is 0 Å². The van der Waals surface area contributed by atoms with Crippen molar-refractivity contribution >= 4 is 5.91 Å². The summed E-state index contributed by atoms with van der Waals surface area (Å²) in [5.74, 6) is 0.0537. The van der Waals surface area contributed by atoms with Crippen molar-refractivity contribution in [1.29, 1.82) is 0 Å². The monoisotopic (exact) mass is 255 g/mol. The van der Waals surface area contributed by atoms with Gasteiger partial charge < -0.3 is 11.1 Å². The molecule has 106 valence electrons. The van der Waals surface area contributed by atoms with Crippen LogP contribution in [0.5, 0.6) is 0 Å². The molecule has 1 unspecified atom stereocenters. The lowest BCUT2D eigenvalue weighted by Gasteiger charge is -2.37. The summed E-state index contributed by atoms with van der Waals surface area (Å²) >= 11 is 0. The van der Waals surface area contributed by atoms with Crippen molar-refractivity contribution in [2.75, 3.05) is 19.6 Å². The van der Waals surface area contributed by atoms with Crippen LogP contribution in [0.15, 0.2) is 0 Å². The predicted molar refractivity (Wildman–Crippen MR) is 75.3 cm³/mol. The fourth-order valence-electron chi connectivity index (χ4n) is 2.27. The molecule has 1 rings (SSSR count). The number of nitrogens with zero attached hydrogens (tertiary/aromatic N) is 1. The van der Waals surface area contributed by atoms with E-state index in [4.69, 9.17) is 5.73 Å². The predicted octanol–water partition coefficient (Wildman–Crippen LogP) is 1.35. The molecule has 0 bridgehead atoms. The first kappa shape index (κ1) is 15.4. The Morgan fingerprint density at radius 2 is 2.00 bits per heavy atom. The maximum atomic E-state index is 12.3. The van der Waals surface area contributed by atoms with Gasteiger partial charge in [-0.2, -0.15) is 0 Å². The van der Waals surface area contributed by atoms with Crippen molar-refractivity contribution in [3.05, 3.63) is 0 Å². The molecule has 4 nitrogen and oxygen atoms in total. The van der Waals surface area contributed by atoms with Gasteiger partial charge in [0.2, 0.25) is 5.91 Å². The zero-order chi connectivity index (χ0) is 14.0. The minimum atomic E-state index is -0.553. The molecule has 1 atom stereocenters. The summed E-state index contributed by atoms with van der Waals surface area (Å²) in [7, 11) is 0. The van der Waals surface area contributed by atoms with E-state index in [-0.39, 0.29) is 5.91 Å². The van der Waals surface area contributed by atoms with E-state index in [1.54, 1.807) is 0 Å². The molecular formula is C14H29N3O. The number of carbonyl (C=O) groups excluding carboxylic acids is 1. The third-order valence-electron chi connectivity index (χ3n) is 4.58. The van der Waals surface area contributed by atoms with Crippen LogP contribution in [-0.2, 0) is 4.79 Å². The SMILES string of the molecule is CCN1CCCC1CNC(=O)C(C)(C)C(C)(C)N. The van der Waals surface area contributed by atoms with Crippen molar-refractivity contribution < 1.29 is 4.79 Å². The molecule has 4 heteroatoms. The standard InChI is InChI=1S/C14H29N3O/c1-6-17-9-7-8-11(17)10-16-12(18)13(2,3)14(4,5)15/h11H,6-10,15H2,1-5H3,(H,16,18). The third-order valence-corrected chi connectivity index (χ3v) is 4.58. The van der Waals surface area contributed by atoms with Crippen LogP contribution in [0.4, 0.5) is 0 Å². The van der Waals surface area contributed by atoms with Gasteiger partial charge >= 0.3 is 0 Å². The number of likely N-dealkylation sites (tertiary alicyclic amines) is 1. The number of likely N-dealkylation sites (N-methyl/N-ethyl adjacent to an activating group) is 1. The fourth-order valence-corrected chi connectivity index (χ4v) is 2.27. The molecule has 0 aromatic rings. The smallest absolute Gasteiger partial charge is 0.227 e. The Morgan fingerprint density at radius 3 is 2.50 bits per heavy atom. The lowest BCUT2D eigenvalue weighted by molar-refractivity contribution is -0.132. The van der Waals surface area contributed by atoms with Gasteiger partial charge in [-0.25, -0.2) is 0 Å². The molecule has 0 aromatic heterocycles. The topological polar surface area (TPSA) is 58.4 Å². The highest BCUT2D eigenvalue weighted by atomic mass is 16.2. The number of hydrogen-bond donors (Lipinski definition) is 2. The highest BCUT2D eigenvalue weighted by Crippen LogP contribution is 2.28. The lowest BCUT2D eigenvalue weighted by Crippen LogP contribution is -2.56. The Morgan fingerprint density at radius 1 is 1.39 bits per heavy atom. The normalized spacial score (nSPS) is 22.2. The Kier molecular flexibility index (Phi) is 4.78. The number of hydrogen-bond acceptors (Lipinski definition) is 3. The van der Waals surface area contributed by atoms with Gasteiger partial charge in [0.1, 0.15) is 0 Å². The first-order chi connectivity index (χ1) is 8.20. The van der Waals surface area contributed by atoms with E-state index in [2.05, 4.69) is 17.1 Å². The third kappa shape index (κ3) is 3.23. The average molecular weight is 255 g/mol. The minimum absolute atomic E-state index is 0.0537. The van der Waals surface area contributed by atoms with E-state index in [1.807, 2.05) is 27.7 Å². The largest absolute Gasteiger partial charge is 0.354 e. The zero-order valence-corrected chi connectivity index (χ0v) is 12.5. The summed E-state index contributed by atoms with van der Waals surface area (Å²) in [6.45, 7) is 12.8. The first-order valence-electron chi connectivity index (χ1n) is 7.01. The van der Waals surface area contributed by atoms with Crippen LogP contribution in [-0.4, -0.2) is 42.0 Å². The van der Waals surface area contributed by atoms with E-state index in [0.29, 0.717) is 6.04 Å². The van der Waals surface area contributed by atoms with E-state index in [1.165, 1.54) is 12.8 Å². The van der Waals surface area contributed by atoms with Crippen LogP contribution in [0.2, 0.25) is 0 Å². The molecule has 18 heavy (non-hydrogen) atoms. The van der Waals surface area contributed by atoms with Gasteiger partial charge in [-0.15, -0.1) is 0 Å². The van der Waals surface area contributed by atoms with Crippen LogP contribution in [0, 0.1) is 5.41 Å². The highest BCUT2D eigenvalue weighted by Gasteiger charge is 2.40. The second kappa shape index (κ2) is 5.57. The summed E-state index contributed by atoms with van der Waals surface area (Å²) in [6, 6.07) is 0.496. The molecular weight excluding hydrogens is 226 g/mol. The number of rotatable bonds is 5. The Balaban J connectivity index is 2.51. The molecule has 1 aliphatic heterocycles. The molecule has 1 aliphatic rings. The summed E-state index contributed by atoms with van der Waals surface area (Å²) in [4.78, 5) is 14.7. The summed E-state index contributed by atoms with van der Waals surface area (Å²) in [5, 5.41) is 3.08. The van der Waals surface area contributed by atoms with E-state index in [9.17, 15) is 4.79 Å². The number of nitrogens with one attached hydrogen (secondary N) is 1. The van der Waals surface area contributed by atoms with Crippen LogP contribution in [0.25, 0.3) is 0 Å². The van der Waals surface area contributed by atoms with Gasteiger partial charge in [0.05, 0.1) is 5.41 Å². The summed E-state index contributed by atoms with van der Waals surface area (Å²) in [5.41, 5.74) is 5.01. The summed E-state index contributed by atoms with van der Waals surface area (Å²) < 4.78 is 0. The maximum absolute atomic E-state index is 12.3. The highest BCUT2D eigenvalue weighted by molar-refractivity contribution is 5.83. The van der Waals surface area contributed by atoms with Crippen LogP contribution < -0.4 is 11.1 Å². The molecule has 0 aliphatic carbocycles. The zero-order valence-electron chi connectivity index (χ0n) is 12.5. The van der Waals surface area contributed by atoms with Crippen molar-refractivity contribution in [2.24, 2.45) is 11.1 Å². The van der Waals surface area contributed by atoms with Crippen molar-refractivity contribution in [3.63, 3.8) is 0 Å². The Labute approximate surface area is 111 Å². The van der Waals surface area contributed by atoms with E-state index < -0.39 is 11.0 Å². The Bertz CT molecular complexity index is 294. The van der Waals surface area contributed by atoms with Crippen molar-refractivity contribution in [2.45, 2.75) is 59.0 Å². The van der Waals surface area contributed by atoms with Crippen LogP contribution in [0.3, 0.4) is 0 Å². The molecule has 3 N–H and O–H groups in total. The van der Waals surface area contributed by atoms with E-state index >= 15 is 0 Å². The van der Waals surface area contributed by atoms with Crippen LogP contribution in [0.1, 0.15) is 47.5 Å². The lowest BCUT2D eigenvalue weighted by atomic mass is 9.74. The molecule has 0 radical (unpaired) electrons. The van der Waals surface area contributed by atoms with E-state index in [0.717, 1.165) is 19.6 Å². The molecule has 1 fully saturated rings. The molecule has 0 spiro atoms. The van der Waals surface area contributed by atoms with Gasteiger partial charge in [0.25, 0.3) is 0 Å². The minimum Gasteiger partial charge on any atom is -0.354 e. The molecule has 1 saturated heterocycles. The fraction of sp³-hybridized carbons (Fsp3) is 0.929. The number of nitrogens with two attached hydrogens (primary N) is 1. The number of amides is 1. The van der Waals surface area contributed by atoms with Crippen molar-refractivity contribution in [1.82, 2.24) is 10.2 Å². The molecule has 0 saturated carbocycles. The van der Waals surface area contributed by atoms with Gasteiger partial charge in [-0.1, -0.05) is 6.92 Å². The van der Waals surface area contributed by atoms with Gasteiger partial charge in [0, 0.05) is 18.1 Å². The van der Waals surface area contributed by atoms with Crippen LogP contribution >= 0.6 is 0 Å². The second-order valence-corrected chi connectivity index (χ2v) is 6.48. The quantitative estimate of drug-likeness (QED) is 0.779. The van der Waals surface area contributed by atoms with Gasteiger partial charge in [0.15, 0.2) is 0 Å². The first-order valence-corrected chi connectivity index (χ1v) is 7.01. The number of carbonyl (C=O) groups is 1. The molecule has 1 heterocycles. The molecule has 0 aromatic carbocycles. The van der Waals surface area contributed by atoms with Gasteiger partial charge in [-0.05, 0) is 53.6 Å². The maximum Gasteiger partial charge on any atom is 0.227 e. The average Bonchev–Trinajstić information content (AvgIpc) is 2.71. The Hall–Kier alpha value is -0.610. The molecule has 1 amide bonds. The summed E-state index contributed by atoms with van der Waals surface area (Å²) in [6.07, 6.45) is 2.42. The second-order valence-electron chi connectivity index (χ2n) is 6.48.